The first-order chi connectivity index (χ1) is 10.2. The summed E-state index contributed by atoms with van der Waals surface area (Å²) in [5.41, 5.74) is 0.396. The molecule has 21 heavy (non-hydrogen) atoms. The highest BCUT2D eigenvalue weighted by atomic mass is 15.2. The van der Waals surface area contributed by atoms with E-state index in [2.05, 4.69) is 39.8 Å². The van der Waals surface area contributed by atoms with E-state index in [-0.39, 0.29) is 0 Å². The fourth-order valence-corrected chi connectivity index (χ4v) is 4.07. The van der Waals surface area contributed by atoms with Crippen LogP contribution in [0, 0.1) is 6.92 Å². The van der Waals surface area contributed by atoms with Crippen molar-refractivity contribution in [1.29, 1.82) is 0 Å². The van der Waals surface area contributed by atoms with E-state index < -0.39 is 0 Å². The molecule has 2 fully saturated rings. The Bertz CT molecular complexity index is 447. The number of nitrogens with one attached hydrogen (secondary N) is 1. The van der Waals surface area contributed by atoms with Crippen LogP contribution in [-0.4, -0.2) is 45.7 Å². The first-order valence-electron chi connectivity index (χ1n) is 8.65. The maximum Gasteiger partial charge on any atom is 0.105 e. The van der Waals surface area contributed by atoms with Gasteiger partial charge in [0.15, 0.2) is 0 Å². The SMILES string of the molecule is Cc1nccn1CCN1CC2(CCCCC2)NCCC1C. The lowest BCUT2D eigenvalue weighted by molar-refractivity contribution is 0.133. The van der Waals surface area contributed by atoms with Crippen LogP contribution < -0.4 is 5.32 Å². The van der Waals surface area contributed by atoms with Gasteiger partial charge in [-0.3, -0.25) is 4.90 Å². The van der Waals surface area contributed by atoms with E-state index in [9.17, 15) is 0 Å². The van der Waals surface area contributed by atoms with Gasteiger partial charge in [-0.05, 0) is 39.7 Å². The number of imidazole rings is 1. The quantitative estimate of drug-likeness (QED) is 0.929. The van der Waals surface area contributed by atoms with Crippen LogP contribution in [0.1, 0.15) is 51.3 Å². The van der Waals surface area contributed by atoms with Gasteiger partial charge < -0.3 is 9.88 Å². The molecule has 1 saturated carbocycles. The van der Waals surface area contributed by atoms with Crippen molar-refractivity contribution < 1.29 is 0 Å². The van der Waals surface area contributed by atoms with E-state index >= 15 is 0 Å². The number of rotatable bonds is 3. The molecule has 1 aromatic heterocycles. The van der Waals surface area contributed by atoms with Gasteiger partial charge in [-0.1, -0.05) is 19.3 Å². The molecule has 118 valence electrons. The topological polar surface area (TPSA) is 33.1 Å². The van der Waals surface area contributed by atoms with Gasteiger partial charge in [0.05, 0.1) is 0 Å². The van der Waals surface area contributed by atoms with Crippen molar-refractivity contribution in [3.8, 4) is 0 Å². The molecule has 1 aliphatic heterocycles. The lowest BCUT2D eigenvalue weighted by Crippen LogP contribution is -2.53. The second kappa shape index (κ2) is 6.49. The molecule has 3 rings (SSSR count). The third-order valence-corrected chi connectivity index (χ3v) is 5.55. The second-order valence-electron chi connectivity index (χ2n) is 7.04. The molecule has 4 nitrogen and oxygen atoms in total. The zero-order chi connectivity index (χ0) is 14.7. The van der Waals surface area contributed by atoms with Gasteiger partial charge in [0.25, 0.3) is 0 Å². The summed E-state index contributed by atoms with van der Waals surface area (Å²) in [5.74, 6) is 1.13. The van der Waals surface area contributed by atoms with Crippen molar-refractivity contribution in [2.75, 3.05) is 19.6 Å². The molecule has 1 saturated heterocycles. The maximum absolute atomic E-state index is 4.33. The Labute approximate surface area is 128 Å². The summed E-state index contributed by atoms with van der Waals surface area (Å²) >= 11 is 0. The van der Waals surface area contributed by atoms with Gasteiger partial charge in [-0.15, -0.1) is 0 Å². The molecule has 4 heteroatoms. The second-order valence-corrected chi connectivity index (χ2v) is 7.04. The van der Waals surface area contributed by atoms with Gasteiger partial charge in [0.2, 0.25) is 0 Å². The van der Waals surface area contributed by atoms with E-state index in [0.717, 1.165) is 18.9 Å². The number of nitrogens with zero attached hydrogens (tertiary/aromatic N) is 3. The Morgan fingerprint density at radius 2 is 2.10 bits per heavy atom. The minimum atomic E-state index is 0.396. The Hall–Kier alpha value is -0.870. The summed E-state index contributed by atoms with van der Waals surface area (Å²) in [6.07, 6.45) is 12.2. The zero-order valence-corrected chi connectivity index (χ0v) is 13.6. The van der Waals surface area contributed by atoms with Crippen LogP contribution in [0.25, 0.3) is 0 Å². The third kappa shape index (κ3) is 3.49. The third-order valence-electron chi connectivity index (χ3n) is 5.55. The summed E-state index contributed by atoms with van der Waals surface area (Å²) in [7, 11) is 0. The monoisotopic (exact) mass is 290 g/mol. The molecule has 0 amide bonds. The predicted molar refractivity (Wildman–Crippen MR) is 86.4 cm³/mol. The lowest BCUT2D eigenvalue weighted by atomic mass is 9.81. The molecule has 1 atom stereocenters. The van der Waals surface area contributed by atoms with E-state index in [0.29, 0.717) is 11.6 Å². The highest BCUT2D eigenvalue weighted by molar-refractivity contribution is 4.97. The molecular weight excluding hydrogens is 260 g/mol. The lowest BCUT2D eigenvalue weighted by Gasteiger charge is -2.41. The summed E-state index contributed by atoms with van der Waals surface area (Å²) in [6.45, 7) is 9.10. The van der Waals surface area contributed by atoms with E-state index in [1.807, 2.05) is 6.20 Å². The van der Waals surface area contributed by atoms with Crippen LogP contribution in [-0.2, 0) is 6.54 Å². The average molecular weight is 290 g/mol. The Kier molecular flexibility index (Phi) is 4.65. The van der Waals surface area contributed by atoms with Gasteiger partial charge in [0, 0.05) is 43.6 Å². The van der Waals surface area contributed by atoms with Crippen LogP contribution >= 0.6 is 0 Å². The molecule has 2 aliphatic rings. The first kappa shape index (κ1) is 15.0. The number of aromatic nitrogens is 2. The number of hydrogen-bond acceptors (Lipinski definition) is 3. The molecule has 1 unspecified atom stereocenters. The Balaban J connectivity index is 1.65. The minimum Gasteiger partial charge on any atom is -0.334 e. The maximum atomic E-state index is 4.33. The van der Waals surface area contributed by atoms with E-state index in [1.54, 1.807) is 0 Å². The number of hydrogen-bond donors (Lipinski definition) is 1. The zero-order valence-electron chi connectivity index (χ0n) is 13.6. The summed E-state index contributed by atoms with van der Waals surface area (Å²) in [5, 5.41) is 3.90. The van der Waals surface area contributed by atoms with Crippen molar-refractivity contribution in [3.63, 3.8) is 0 Å². The standard InChI is InChI=1S/C17H30N4/c1-15-6-9-19-17(7-4-3-5-8-17)14-21(15)13-12-20-11-10-18-16(20)2/h10-11,15,19H,3-9,12-14H2,1-2H3. The van der Waals surface area contributed by atoms with Crippen LogP contribution in [0.3, 0.4) is 0 Å². The molecule has 0 radical (unpaired) electrons. The smallest absolute Gasteiger partial charge is 0.105 e. The van der Waals surface area contributed by atoms with Crippen LogP contribution in [0.15, 0.2) is 12.4 Å². The van der Waals surface area contributed by atoms with Gasteiger partial charge in [0.1, 0.15) is 5.82 Å². The van der Waals surface area contributed by atoms with Crippen LogP contribution in [0.2, 0.25) is 0 Å². The summed E-state index contributed by atoms with van der Waals surface area (Å²) < 4.78 is 2.28. The molecule has 1 aliphatic carbocycles. The fourth-order valence-electron chi connectivity index (χ4n) is 4.07. The highest BCUT2D eigenvalue weighted by Crippen LogP contribution is 2.31. The average Bonchev–Trinajstić information content (AvgIpc) is 2.83. The summed E-state index contributed by atoms with van der Waals surface area (Å²) in [4.78, 5) is 7.05. The van der Waals surface area contributed by atoms with E-state index in [1.165, 1.54) is 51.6 Å². The van der Waals surface area contributed by atoms with Gasteiger partial charge in [-0.2, -0.15) is 0 Å². The number of aryl methyl sites for hydroxylation is 1. The molecule has 1 spiro atoms. The fraction of sp³-hybridized carbons (Fsp3) is 0.824. The molecule has 0 aromatic carbocycles. The van der Waals surface area contributed by atoms with E-state index in [4.69, 9.17) is 0 Å². The van der Waals surface area contributed by atoms with Crippen LogP contribution in [0.5, 0.6) is 0 Å². The predicted octanol–water partition coefficient (Wildman–Crippen LogP) is 2.58. The highest BCUT2D eigenvalue weighted by Gasteiger charge is 2.36. The van der Waals surface area contributed by atoms with Crippen molar-refractivity contribution in [3.05, 3.63) is 18.2 Å². The van der Waals surface area contributed by atoms with Crippen LogP contribution in [0.4, 0.5) is 0 Å². The van der Waals surface area contributed by atoms with Crippen molar-refractivity contribution >= 4 is 0 Å². The minimum absolute atomic E-state index is 0.396. The Morgan fingerprint density at radius 1 is 1.29 bits per heavy atom. The van der Waals surface area contributed by atoms with Crippen molar-refractivity contribution in [2.45, 2.75) is 70.5 Å². The normalized spacial score (nSPS) is 26.9. The largest absolute Gasteiger partial charge is 0.334 e. The van der Waals surface area contributed by atoms with Crippen molar-refractivity contribution in [2.24, 2.45) is 0 Å². The molecule has 0 bridgehead atoms. The first-order valence-corrected chi connectivity index (χ1v) is 8.65. The molecule has 2 heterocycles. The van der Waals surface area contributed by atoms with Crippen molar-refractivity contribution in [1.82, 2.24) is 19.8 Å². The Morgan fingerprint density at radius 3 is 2.81 bits per heavy atom. The van der Waals surface area contributed by atoms with Gasteiger partial charge >= 0.3 is 0 Å². The summed E-state index contributed by atoms with van der Waals surface area (Å²) in [6, 6.07) is 0.683. The van der Waals surface area contributed by atoms with Gasteiger partial charge in [-0.25, -0.2) is 4.98 Å². The molecular formula is C17H30N4. The molecule has 1 aromatic rings. The molecule has 1 N–H and O–H groups in total.